The molecule has 1 amide bonds. The van der Waals surface area contributed by atoms with Gasteiger partial charge in [0.05, 0.1) is 12.2 Å². The highest BCUT2D eigenvalue weighted by Crippen LogP contribution is 2.33. The van der Waals surface area contributed by atoms with Gasteiger partial charge in [-0.2, -0.15) is 0 Å². The maximum atomic E-state index is 12.1. The molecule has 0 saturated carbocycles. The van der Waals surface area contributed by atoms with Crippen LogP contribution in [0.25, 0.3) is 0 Å². The van der Waals surface area contributed by atoms with Gasteiger partial charge in [-0.25, -0.2) is 4.79 Å². The van der Waals surface area contributed by atoms with Gasteiger partial charge in [-0.15, -0.1) is 11.3 Å². The molecule has 0 radical (unpaired) electrons. The van der Waals surface area contributed by atoms with E-state index in [-0.39, 0.29) is 30.2 Å². The highest BCUT2D eigenvalue weighted by atomic mass is 32.1. The fourth-order valence-electron chi connectivity index (χ4n) is 2.23. The van der Waals surface area contributed by atoms with E-state index in [1.807, 2.05) is 13.8 Å². The maximum absolute atomic E-state index is 12.1. The molecule has 0 spiro atoms. The number of rotatable bonds is 8. The summed E-state index contributed by atoms with van der Waals surface area (Å²) in [4.78, 5) is 48.6. The molecular weight excluding hydrogens is 384 g/mol. The van der Waals surface area contributed by atoms with Crippen LogP contribution in [0.3, 0.4) is 0 Å². The van der Waals surface area contributed by atoms with Gasteiger partial charge >= 0.3 is 11.9 Å². The van der Waals surface area contributed by atoms with E-state index in [0.717, 1.165) is 4.88 Å². The van der Waals surface area contributed by atoms with Crippen molar-refractivity contribution in [2.75, 3.05) is 18.5 Å². The minimum atomic E-state index is -0.719. The van der Waals surface area contributed by atoms with Gasteiger partial charge in [-0.3, -0.25) is 14.4 Å². The number of ether oxygens (including phenoxy) is 2. The Bertz CT molecular complexity index is 915. The molecule has 0 aromatic carbocycles. The van der Waals surface area contributed by atoms with E-state index < -0.39 is 24.5 Å². The van der Waals surface area contributed by atoms with E-state index in [0.29, 0.717) is 5.00 Å². The molecule has 0 aliphatic rings. The molecule has 2 rings (SSSR count). The molecular formula is C19H22N2O6S. The van der Waals surface area contributed by atoms with Crippen molar-refractivity contribution in [3.05, 3.63) is 51.3 Å². The lowest BCUT2D eigenvalue weighted by atomic mass is 10.1. The molecule has 2 aromatic heterocycles. The van der Waals surface area contributed by atoms with Gasteiger partial charge in [0.25, 0.3) is 11.5 Å². The van der Waals surface area contributed by atoms with Crippen LogP contribution in [0.15, 0.2) is 35.3 Å². The van der Waals surface area contributed by atoms with Crippen LogP contribution in [0.4, 0.5) is 5.00 Å². The van der Waals surface area contributed by atoms with Gasteiger partial charge in [-0.05, 0) is 25.0 Å². The van der Waals surface area contributed by atoms with E-state index in [9.17, 15) is 19.2 Å². The Balaban J connectivity index is 1.98. The Morgan fingerprint density at radius 3 is 2.61 bits per heavy atom. The highest BCUT2D eigenvalue weighted by Gasteiger charge is 2.20. The molecule has 9 heteroatoms. The number of nitrogens with zero attached hydrogens (tertiary/aromatic N) is 1. The quantitative estimate of drug-likeness (QED) is 0.675. The zero-order chi connectivity index (χ0) is 20.7. The number of thiophene rings is 1. The monoisotopic (exact) mass is 406 g/mol. The third kappa shape index (κ3) is 5.78. The number of pyridine rings is 1. The topological polar surface area (TPSA) is 104 Å². The second kappa shape index (κ2) is 9.84. The fraction of sp³-hybridized carbons (Fsp3) is 0.368. The Hall–Kier alpha value is -2.94. The van der Waals surface area contributed by atoms with Crippen LogP contribution < -0.4 is 10.9 Å². The van der Waals surface area contributed by atoms with E-state index >= 15 is 0 Å². The predicted molar refractivity (Wildman–Crippen MR) is 105 cm³/mol. The molecule has 28 heavy (non-hydrogen) atoms. The average Bonchev–Trinajstić information content (AvgIpc) is 3.06. The summed E-state index contributed by atoms with van der Waals surface area (Å²) in [6, 6.07) is 6.18. The third-order valence-electron chi connectivity index (χ3n) is 3.63. The van der Waals surface area contributed by atoms with Gasteiger partial charge in [0, 0.05) is 17.1 Å². The van der Waals surface area contributed by atoms with Crippen LogP contribution in [0.5, 0.6) is 0 Å². The normalized spacial score (nSPS) is 10.6. The Kier molecular flexibility index (Phi) is 7.51. The van der Waals surface area contributed by atoms with Crippen molar-refractivity contribution in [3.8, 4) is 0 Å². The van der Waals surface area contributed by atoms with Gasteiger partial charge in [0.15, 0.2) is 6.61 Å². The largest absolute Gasteiger partial charge is 0.462 e. The van der Waals surface area contributed by atoms with Crippen molar-refractivity contribution >= 4 is 34.2 Å². The first-order chi connectivity index (χ1) is 13.3. The summed E-state index contributed by atoms with van der Waals surface area (Å²) < 4.78 is 11.1. The molecule has 0 aliphatic carbocycles. The Morgan fingerprint density at radius 1 is 1.21 bits per heavy atom. The van der Waals surface area contributed by atoms with Gasteiger partial charge < -0.3 is 19.4 Å². The van der Waals surface area contributed by atoms with Crippen LogP contribution in [0.1, 0.15) is 41.9 Å². The van der Waals surface area contributed by atoms with Crippen molar-refractivity contribution < 1.29 is 23.9 Å². The summed E-state index contributed by atoms with van der Waals surface area (Å²) in [5.41, 5.74) is -0.0751. The zero-order valence-corrected chi connectivity index (χ0v) is 16.7. The number of hydrogen-bond donors (Lipinski definition) is 1. The molecule has 8 nitrogen and oxygen atoms in total. The number of nitrogens with one attached hydrogen (secondary N) is 1. The van der Waals surface area contributed by atoms with E-state index in [1.165, 1.54) is 28.2 Å². The van der Waals surface area contributed by atoms with Crippen molar-refractivity contribution in [1.29, 1.82) is 0 Å². The Labute approximate surface area is 166 Å². The number of aromatic nitrogens is 1. The molecule has 2 aromatic rings. The number of hydrogen-bond acceptors (Lipinski definition) is 7. The minimum Gasteiger partial charge on any atom is -0.462 e. The van der Waals surface area contributed by atoms with Crippen molar-refractivity contribution in [3.63, 3.8) is 0 Å². The van der Waals surface area contributed by atoms with E-state index in [2.05, 4.69) is 5.32 Å². The van der Waals surface area contributed by atoms with Crippen LogP contribution in [0, 0.1) is 0 Å². The average molecular weight is 406 g/mol. The molecule has 0 saturated heterocycles. The van der Waals surface area contributed by atoms with Crippen LogP contribution in [-0.4, -0.2) is 35.6 Å². The Morgan fingerprint density at radius 2 is 1.96 bits per heavy atom. The molecule has 150 valence electrons. The molecule has 0 aliphatic heterocycles. The van der Waals surface area contributed by atoms with E-state index in [4.69, 9.17) is 9.47 Å². The summed E-state index contributed by atoms with van der Waals surface area (Å²) in [6.45, 7) is 5.04. The first-order valence-electron chi connectivity index (χ1n) is 8.73. The minimum absolute atomic E-state index is 0.172. The van der Waals surface area contributed by atoms with Crippen LogP contribution in [0.2, 0.25) is 0 Å². The molecule has 0 atom stereocenters. The van der Waals surface area contributed by atoms with Crippen molar-refractivity contribution in [1.82, 2.24) is 4.57 Å². The lowest BCUT2D eigenvalue weighted by molar-refractivity contribution is -0.147. The van der Waals surface area contributed by atoms with Crippen molar-refractivity contribution in [2.24, 2.45) is 0 Å². The summed E-state index contributed by atoms with van der Waals surface area (Å²) in [5, 5.41) is 2.94. The predicted octanol–water partition coefficient (Wildman–Crippen LogP) is 2.39. The third-order valence-corrected chi connectivity index (χ3v) is 4.98. The SMILES string of the molecule is CCOC(=O)c1cc(C(C)C)sc1NC(=O)COC(=O)Cn1ccccc1=O. The standard InChI is InChI=1S/C19H22N2O6S/c1-4-26-19(25)13-9-14(12(2)3)28-18(13)20-15(22)11-27-17(24)10-21-8-6-5-7-16(21)23/h5-9,12H,4,10-11H2,1-3H3,(H,20,22). The first-order valence-corrected chi connectivity index (χ1v) is 9.55. The lowest BCUT2D eigenvalue weighted by Crippen LogP contribution is -2.27. The lowest BCUT2D eigenvalue weighted by Gasteiger charge is -2.08. The summed E-state index contributed by atoms with van der Waals surface area (Å²) in [6.07, 6.45) is 1.45. The zero-order valence-electron chi connectivity index (χ0n) is 15.9. The molecule has 0 fully saturated rings. The van der Waals surface area contributed by atoms with Gasteiger partial charge in [-0.1, -0.05) is 19.9 Å². The second-order valence-corrected chi connectivity index (χ2v) is 7.23. The molecule has 0 bridgehead atoms. The number of esters is 2. The molecule has 1 N–H and O–H groups in total. The molecule has 0 unspecified atom stereocenters. The number of carbonyl (C=O) groups is 3. The summed E-state index contributed by atoms with van der Waals surface area (Å²) in [7, 11) is 0. The van der Waals surface area contributed by atoms with Crippen LogP contribution in [-0.2, 0) is 25.6 Å². The highest BCUT2D eigenvalue weighted by molar-refractivity contribution is 7.16. The van der Waals surface area contributed by atoms with Crippen LogP contribution >= 0.6 is 11.3 Å². The number of amides is 1. The second-order valence-electron chi connectivity index (χ2n) is 6.14. The smallest absolute Gasteiger partial charge is 0.341 e. The van der Waals surface area contributed by atoms with E-state index in [1.54, 1.807) is 25.1 Å². The van der Waals surface area contributed by atoms with Gasteiger partial charge in [0.1, 0.15) is 11.5 Å². The summed E-state index contributed by atoms with van der Waals surface area (Å²) >= 11 is 1.27. The number of carbonyl (C=O) groups excluding carboxylic acids is 3. The van der Waals surface area contributed by atoms with Crippen molar-refractivity contribution in [2.45, 2.75) is 33.2 Å². The first kappa shape index (κ1) is 21.4. The summed E-state index contributed by atoms with van der Waals surface area (Å²) in [5.74, 6) is -1.66. The number of anilines is 1. The fourth-order valence-corrected chi connectivity index (χ4v) is 3.30. The molecule has 2 heterocycles. The maximum Gasteiger partial charge on any atom is 0.341 e. The van der Waals surface area contributed by atoms with Gasteiger partial charge in [0.2, 0.25) is 0 Å².